The van der Waals surface area contributed by atoms with Gasteiger partial charge in [-0.3, -0.25) is 19.2 Å². The number of benzene rings is 3. The van der Waals surface area contributed by atoms with Crippen molar-refractivity contribution in [3.8, 4) is 0 Å². The average molecular weight is 411 g/mol. The lowest BCUT2D eigenvalue weighted by molar-refractivity contribution is 0.100. The second kappa shape index (κ2) is 8.30. The molecule has 0 aliphatic rings. The molecule has 0 heterocycles. The summed E-state index contributed by atoms with van der Waals surface area (Å²) in [6, 6.07) is 14.9. The van der Waals surface area contributed by atoms with Gasteiger partial charge in [0.15, 0.2) is 11.6 Å². The fourth-order valence-electron chi connectivity index (χ4n) is 2.75. The van der Waals surface area contributed by atoms with Gasteiger partial charge in [0.2, 0.25) is 0 Å². The molecule has 3 aromatic rings. The van der Waals surface area contributed by atoms with Crippen molar-refractivity contribution in [3.63, 3.8) is 0 Å². The van der Waals surface area contributed by atoms with Gasteiger partial charge in [-0.2, -0.15) is 0 Å². The first-order valence-corrected chi connectivity index (χ1v) is 8.89. The third-order valence-electron chi connectivity index (χ3n) is 4.16. The Morgan fingerprint density at radius 1 is 0.607 bits per heavy atom. The third-order valence-corrected chi connectivity index (χ3v) is 4.79. The van der Waals surface area contributed by atoms with Gasteiger partial charge in [0, 0.05) is 33.4 Å². The Morgan fingerprint density at radius 3 is 1.32 bits per heavy atom. The van der Waals surface area contributed by atoms with Crippen molar-refractivity contribution < 1.29 is 19.2 Å². The fraction of sp³-hybridized carbons (Fsp3) is 0. The molecule has 0 fully saturated rings. The summed E-state index contributed by atoms with van der Waals surface area (Å²) in [6.07, 6.45) is 1.26. The molecular weight excluding hydrogens is 399 g/mol. The maximum absolute atomic E-state index is 13.0. The highest BCUT2D eigenvalue weighted by molar-refractivity contribution is 6.37. The fourth-order valence-corrected chi connectivity index (χ4v) is 3.30. The summed E-state index contributed by atoms with van der Waals surface area (Å²) in [7, 11) is 0. The van der Waals surface area contributed by atoms with E-state index < -0.39 is 11.6 Å². The molecule has 0 radical (unpaired) electrons. The number of hydrogen-bond donors (Lipinski definition) is 0. The van der Waals surface area contributed by atoms with Crippen molar-refractivity contribution in [2.45, 2.75) is 0 Å². The molecule has 0 bridgehead atoms. The summed E-state index contributed by atoms with van der Waals surface area (Å²) < 4.78 is 0. The van der Waals surface area contributed by atoms with Crippen LogP contribution in [0.15, 0.2) is 60.7 Å². The minimum absolute atomic E-state index is 0.116. The van der Waals surface area contributed by atoms with Crippen LogP contribution in [0.25, 0.3) is 0 Å². The highest BCUT2D eigenvalue weighted by atomic mass is 35.5. The molecule has 0 aliphatic carbocycles. The van der Waals surface area contributed by atoms with Crippen LogP contribution in [-0.2, 0) is 0 Å². The molecule has 0 saturated carbocycles. The zero-order valence-corrected chi connectivity index (χ0v) is 15.8. The van der Waals surface area contributed by atoms with Crippen LogP contribution >= 0.6 is 23.2 Å². The molecule has 138 valence electrons. The largest absolute Gasteiger partial charge is 0.298 e. The molecule has 6 heteroatoms. The van der Waals surface area contributed by atoms with Gasteiger partial charge in [-0.05, 0) is 24.3 Å². The first-order valence-electron chi connectivity index (χ1n) is 8.14. The van der Waals surface area contributed by atoms with Crippen LogP contribution in [-0.4, -0.2) is 24.1 Å². The highest BCUT2D eigenvalue weighted by Gasteiger charge is 2.22. The maximum Gasteiger partial charge on any atom is 0.195 e. The number of carbonyl (C=O) groups excluding carboxylic acids is 4. The Kier molecular flexibility index (Phi) is 5.83. The summed E-state index contributed by atoms with van der Waals surface area (Å²) in [5, 5.41) is 0.232. The van der Waals surface area contributed by atoms with Crippen molar-refractivity contribution in [2.24, 2.45) is 0 Å². The van der Waals surface area contributed by atoms with Gasteiger partial charge in [-0.15, -0.1) is 0 Å². The Labute approximate surface area is 170 Å². The lowest BCUT2D eigenvalue weighted by atomic mass is 9.92. The van der Waals surface area contributed by atoms with Crippen LogP contribution in [0, 0.1) is 0 Å². The van der Waals surface area contributed by atoms with E-state index in [-0.39, 0.29) is 32.3 Å². The summed E-state index contributed by atoms with van der Waals surface area (Å²) in [4.78, 5) is 47.7. The van der Waals surface area contributed by atoms with Crippen molar-refractivity contribution in [3.05, 3.63) is 104 Å². The molecule has 0 saturated heterocycles. The van der Waals surface area contributed by atoms with E-state index in [0.717, 1.165) is 0 Å². The normalized spacial score (nSPS) is 10.4. The van der Waals surface area contributed by atoms with Crippen LogP contribution < -0.4 is 0 Å². The molecule has 0 amide bonds. The van der Waals surface area contributed by atoms with E-state index in [1.165, 1.54) is 48.5 Å². The molecule has 0 aromatic heterocycles. The molecule has 0 aliphatic heterocycles. The summed E-state index contributed by atoms with van der Waals surface area (Å²) in [5.74, 6) is -0.904. The number of ketones is 2. The van der Waals surface area contributed by atoms with Crippen molar-refractivity contribution in [1.29, 1.82) is 0 Å². The number of halogens is 2. The summed E-state index contributed by atoms with van der Waals surface area (Å²) in [6.45, 7) is 0. The van der Waals surface area contributed by atoms with E-state index in [9.17, 15) is 19.2 Å². The van der Waals surface area contributed by atoms with Crippen molar-refractivity contribution in [2.75, 3.05) is 0 Å². The monoisotopic (exact) mass is 410 g/mol. The van der Waals surface area contributed by atoms with Crippen LogP contribution in [0.2, 0.25) is 10.0 Å². The van der Waals surface area contributed by atoms with Crippen LogP contribution in [0.3, 0.4) is 0 Å². The lowest BCUT2D eigenvalue weighted by Crippen LogP contribution is -2.12. The van der Waals surface area contributed by atoms with Crippen LogP contribution in [0.4, 0.5) is 0 Å². The van der Waals surface area contributed by atoms with E-state index in [4.69, 9.17) is 23.2 Å². The minimum Gasteiger partial charge on any atom is -0.298 e. The van der Waals surface area contributed by atoms with E-state index >= 15 is 0 Å². The predicted molar refractivity (Wildman–Crippen MR) is 107 cm³/mol. The topological polar surface area (TPSA) is 68.3 Å². The Morgan fingerprint density at radius 2 is 1.00 bits per heavy atom. The van der Waals surface area contributed by atoms with Gasteiger partial charge in [0.05, 0.1) is 10.0 Å². The van der Waals surface area contributed by atoms with E-state index in [1.54, 1.807) is 12.1 Å². The summed E-state index contributed by atoms with van der Waals surface area (Å²) in [5.41, 5.74) is 1.35. The van der Waals surface area contributed by atoms with E-state index in [2.05, 4.69) is 0 Å². The molecule has 0 atom stereocenters. The van der Waals surface area contributed by atoms with Gasteiger partial charge < -0.3 is 0 Å². The molecule has 4 nitrogen and oxygen atoms in total. The number of aldehydes is 2. The summed E-state index contributed by atoms with van der Waals surface area (Å²) >= 11 is 12.3. The van der Waals surface area contributed by atoms with Gasteiger partial charge in [-0.1, -0.05) is 59.6 Å². The van der Waals surface area contributed by atoms with E-state index in [0.29, 0.717) is 23.7 Å². The van der Waals surface area contributed by atoms with Gasteiger partial charge in [0.25, 0.3) is 0 Å². The number of carbonyl (C=O) groups is 4. The smallest absolute Gasteiger partial charge is 0.195 e. The Bertz CT molecular complexity index is 1030. The third kappa shape index (κ3) is 3.79. The molecule has 0 unspecified atom stereocenters. The molecule has 0 spiro atoms. The number of hydrogen-bond acceptors (Lipinski definition) is 4. The first-order chi connectivity index (χ1) is 13.5. The highest BCUT2D eigenvalue weighted by Crippen LogP contribution is 2.26. The second-order valence-electron chi connectivity index (χ2n) is 5.92. The zero-order valence-electron chi connectivity index (χ0n) is 14.3. The standard InChI is InChI=1S/C22H12Cl2O4/c23-19-9-13(11-25)5-7-17(19)21(27)15-3-1-2-4-16(15)22(28)18-8-6-14(12-26)10-20(18)24/h1-12H. The van der Waals surface area contributed by atoms with Crippen molar-refractivity contribution >= 4 is 47.3 Å². The van der Waals surface area contributed by atoms with Gasteiger partial charge in [-0.25, -0.2) is 0 Å². The Hall–Kier alpha value is -3.08. The molecule has 28 heavy (non-hydrogen) atoms. The van der Waals surface area contributed by atoms with Crippen molar-refractivity contribution in [1.82, 2.24) is 0 Å². The predicted octanol–water partition coefficient (Wildman–Crippen LogP) is 5.08. The SMILES string of the molecule is O=Cc1ccc(C(=O)c2ccccc2C(=O)c2ccc(C=O)cc2Cl)c(Cl)c1. The first kappa shape index (κ1) is 19.7. The van der Waals surface area contributed by atoms with Gasteiger partial charge >= 0.3 is 0 Å². The van der Waals surface area contributed by atoms with Gasteiger partial charge in [0.1, 0.15) is 12.6 Å². The van der Waals surface area contributed by atoms with Crippen LogP contribution in [0.5, 0.6) is 0 Å². The van der Waals surface area contributed by atoms with Crippen LogP contribution in [0.1, 0.15) is 52.6 Å². The number of rotatable bonds is 6. The van der Waals surface area contributed by atoms with E-state index in [1.807, 2.05) is 0 Å². The second-order valence-corrected chi connectivity index (χ2v) is 6.73. The minimum atomic E-state index is -0.452. The lowest BCUT2D eigenvalue weighted by Gasteiger charge is -2.10. The molecule has 3 rings (SSSR count). The average Bonchev–Trinajstić information content (AvgIpc) is 2.72. The maximum atomic E-state index is 13.0. The quantitative estimate of drug-likeness (QED) is 0.419. The molecule has 0 N–H and O–H groups in total. The molecule has 3 aromatic carbocycles. The Balaban J connectivity index is 2.06. The molecular formula is C22H12Cl2O4. The zero-order chi connectivity index (χ0) is 20.3.